The third kappa shape index (κ3) is 2.30. The summed E-state index contributed by atoms with van der Waals surface area (Å²) >= 11 is 0. The molecule has 0 spiro atoms. The smallest absolute Gasteiger partial charge is 0.211 e. The molecule has 0 aliphatic carbocycles. The van der Waals surface area contributed by atoms with E-state index in [0.29, 0.717) is 5.56 Å². The molecule has 0 aromatic heterocycles. The summed E-state index contributed by atoms with van der Waals surface area (Å²) in [5.74, 6) is -0.549. The van der Waals surface area contributed by atoms with Crippen molar-refractivity contribution in [1.29, 1.82) is 0 Å². The van der Waals surface area contributed by atoms with Gasteiger partial charge in [0, 0.05) is 6.54 Å². The van der Waals surface area contributed by atoms with E-state index in [1.54, 1.807) is 13.8 Å². The maximum atomic E-state index is 12.8. The minimum atomic E-state index is -3.55. The first-order chi connectivity index (χ1) is 6.47. The molecule has 14 heavy (non-hydrogen) atoms. The van der Waals surface area contributed by atoms with E-state index in [0.717, 1.165) is 6.07 Å². The van der Waals surface area contributed by atoms with Crippen LogP contribution >= 0.6 is 0 Å². The van der Waals surface area contributed by atoms with Crippen LogP contribution in [0.25, 0.3) is 0 Å². The Morgan fingerprint density at radius 1 is 1.43 bits per heavy atom. The van der Waals surface area contributed by atoms with Crippen LogP contribution < -0.4 is 4.72 Å². The molecule has 0 saturated heterocycles. The van der Waals surface area contributed by atoms with Crippen LogP contribution in [0.15, 0.2) is 23.1 Å². The number of rotatable bonds is 3. The second-order valence-electron chi connectivity index (χ2n) is 2.91. The molecular weight excluding hydrogens is 205 g/mol. The molecule has 0 bridgehead atoms. The van der Waals surface area contributed by atoms with Crippen molar-refractivity contribution in [2.45, 2.75) is 18.7 Å². The van der Waals surface area contributed by atoms with E-state index in [1.807, 2.05) is 0 Å². The minimum absolute atomic E-state index is 0.000602. The lowest BCUT2D eigenvalue weighted by Gasteiger charge is -2.07. The first-order valence-corrected chi connectivity index (χ1v) is 5.71. The van der Waals surface area contributed by atoms with Gasteiger partial charge in [0.1, 0.15) is 5.82 Å². The van der Waals surface area contributed by atoms with Crippen LogP contribution in [0.4, 0.5) is 4.39 Å². The van der Waals surface area contributed by atoms with Gasteiger partial charge in [-0.1, -0.05) is 13.0 Å². The summed E-state index contributed by atoms with van der Waals surface area (Å²) in [6.07, 6.45) is 0. The monoisotopic (exact) mass is 217 g/mol. The van der Waals surface area contributed by atoms with Crippen molar-refractivity contribution < 1.29 is 12.8 Å². The maximum Gasteiger partial charge on any atom is 0.240 e. The van der Waals surface area contributed by atoms with Gasteiger partial charge in [0.2, 0.25) is 10.0 Å². The SMILES string of the molecule is CCNS(=O)(=O)c1cc(F)ccc1C. The van der Waals surface area contributed by atoms with E-state index in [4.69, 9.17) is 0 Å². The highest BCUT2D eigenvalue weighted by molar-refractivity contribution is 7.89. The molecule has 0 saturated carbocycles. The summed E-state index contributed by atoms with van der Waals surface area (Å²) in [6, 6.07) is 3.70. The van der Waals surface area contributed by atoms with E-state index in [1.165, 1.54) is 12.1 Å². The van der Waals surface area contributed by atoms with Crippen molar-refractivity contribution >= 4 is 10.0 Å². The van der Waals surface area contributed by atoms with Crippen molar-refractivity contribution in [3.8, 4) is 0 Å². The predicted molar refractivity (Wildman–Crippen MR) is 52.0 cm³/mol. The first kappa shape index (κ1) is 11.1. The molecule has 0 unspecified atom stereocenters. The molecule has 0 aliphatic heterocycles. The fourth-order valence-electron chi connectivity index (χ4n) is 1.13. The Labute approximate surface area is 83.0 Å². The Bertz CT molecular complexity index is 428. The van der Waals surface area contributed by atoms with Crippen LogP contribution in [0, 0.1) is 12.7 Å². The summed E-state index contributed by atoms with van der Waals surface area (Å²) in [4.78, 5) is -0.000602. The Kier molecular flexibility index (Phi) is 3.23. The molecule has 0 heterocycles. The van der Waals surface area contributed by atoms with E-state index >= 15 is 0 Å². The Morgan fingerprint density at radius 2 is 2.07 bits per heavy atom. The Morgan fingerprint density at radius 3 is 2.64 bits per heavy atom. The van der Waals surface area contributed by atoms with Crippen LogP contribution in [0.2, 0.25) is 0 Å². The van der Waals surface area contributed by atoms with E-state index in [2.05, 4.69) is 4.72 Å². The average Bonchev–Trinajstić information content (AvgIpc) is 2.09. The van der Waals surface area contributed by atoms with Gasteiger partial charge in [-0.2, -0.15) is 0 Å². The van der Waals surface area contributed by atoms with Gasteiger partial charge in [0.15, 0.2) is 0 Å². The number of halogens is 1. The van der Waals surface area contributed by atoms with Crippen molar-refractivity contribution in [1.82, 2.24) is 4.72 Å². The standard InChI is InChI=1S/C9H12FNO2S/c1-3-11-14(12,13)9-6-8(10)5-4-7(9)2/h4-6,11H,3H2,1-2H3. The van der Waals surface area contributed by atoms with Crippen molar-refractivity contribution in [2.24, 2.45) is 0 Å². The number of sulfonamides is 1. The van der Waals surface area contributed by atoms with E-state index in [9.17, 15) is 12.8 Å². The van der Waals surface area contributed by atoms with Crippen LogP contribution in [-0.4, -0.2) is 15.0 Å². The number of hydrogen-bond donors (Lipinski definition) is 1. The zero-order chi connectivity index (χ0) is 10.8. The second-order valence-corrected chi connectivity index (χ2v) is 4.65. The molecule has 1 aromatic rings. The fraction of sp³-hybridized carbons (Fsp3) is 0.333. The van der Waals surface area contributed by atoms with Crippen LogP contribution in [0.3, 0.4) is 0 Å². The maximum absolute atomic E-state index is 12.8. The molecule has 0 amide bonds. The van der Waals surface area contributed by atoms with Crippen molar-refractivity contribution in [3.63, 3.8) is 0 Å². The number of nitrogens with one attached hydrogen (secondary N) is 1. The third-order valence-electron chi connectivity index (χ3n) is 1.77. The lowest BCUT2D eigenvalue weighted by molar-refractivity contribution is 0.579. The fourth-order valence-corrected chi connectivity index (χ4v) is 2.43. The highest BCUT2D eigenvalue weighted by atomic mass is 32.2. The third-order valence-corrected chi connectivity index (χ3v) is 3.46. The molecule has 0 atom stereocenters. The number of aryl methyl sites for hydroxylation is 1. The molecule has 1 rings (SSSR count). The van der Waals surface area contributed by atoms with Gasteiger partial charge in [-0.25, -0.2) is 17.5 Å². The molecule has 78 valence electrons. The lowest BCUT2D eigenvalue weighted by Crippen LogP contribution is -2.24. The van der Waals surface area contributed by atoms with E-state index in [-0.39, 0.29) is 11.4 Å². The molecule has 1 N–H and O–H groups in total. The van der Waals surface area contributed by atoms with Gasteiger partial charge in [-0.05, 0) is 24.6 Å². The van der Waals surface area contributed by atoms with Gasteiger partial charge < -0.3 is 0 Å². The highest BCUT2D eigenvalue weighted by Gasteiger charge is 2.15. The van der Waals surface area contributed by atoms with Crippen LogP contribution in [0.1, 0.15) is 12.5 Å². The molecule has 0 radical (unpaired) electrons. The molecule has 5 heteroatoms. The topological polar surface area (TPSA) is 46.2 Å². The summed E-state index contributed by atoms with van der Waals surface area (Å²) in [7, 11) is -3.55. The van der Waals surface area contributed by atoms with Crippen molar-refractivity contribution in [3.05, 3.63) is 29.6 Å². The predicted octanol–water partition coefficient (Wildman–Crippen LogP) is 1.43. The minimum Gasteiger partial charge on any atom is -0.211 e. The summed E-state index contributed by atoms with van der Waals surface area (Å²) < 4.78 is 38.2. The highest BCUT2D eigenvalue weighted by Crippen LogP contribution is 2.15. The van der Waals surface area contributed by atoms with Gasteiger partial charge >= 0.3 is 0 Å². The van der Waals surface area contributed by atoms with Crippen molar-refractivity contribution in [2.75, 3.05) is 6.54 Å². The summed E-state index contributed by atoms with van der Waals surface area (Å²) in [5.41, 5.74) is 0.535. The largest absolute Gasteiger partial charge is 0.240 e. The molecular formula is C9H12FNO2S. The summed E-state index contributed by atoms with van der Waals surface area (Å²) in [5, 5.41) is 0. The quantitative estimate of drug-likeness (QED) is 0.832. The van der Waals surface area contributed by atoms with Gasteiger partial charge in [0.05, 0.1) is 4.90 Å². The number of benzene rings is 1. The van der Waals surface area contributed by atoms with Gasteiger partial charge in [-0.15, -0.1) is 0 Å². The van der Waals surface area contributed by atoms with Crippen LogP contribution in [0.5, 0.6) is 0 Å². The first-order valence-electron chi connectivity index (χ1n) is 4.23. The lowest BCUT2D eigenvalue weighted by atomic mass is 10.2. The van der Waals surface area contributed by atoms with Gasteiger partial charge in [-0.3, -0.25) is 0 Å². The zero-order valence-corrected chi connectivity index (χ0v) is 8.86. The van der Waals surface area contributed by atoms with E-state index < -0.39 is 15.8 Å². The molecule has 3 nitrogen and oxygen atoms in total. The molecule has 0 fully saturated rings. The van der Waals surface area contributed by atoms with Crippen LogP contribution in [-0.2, 0) is 10.0 Å². The average molecular weight is 217 g/mol. The second kappa shape index (κ2) is 4.06. The number of hydrogen-bond acceptors (Lipinski definition) is 2. The Balaban J connectivity index is 3.25. The zero-order valence-electron chi connectivity index (χ0n) is 8.04. The molecule has 1 aromatic carbocycles. The normalized spacial score (nSPS) is 11.6. The molecule has 0 aliphatic rings. The summed E-state index contributed by atoms with van der Waals surface area (Å²) in [6.45, 7) is 3.59. The Hall–Kier alpha value is -0.940. The van der Waals surface area contributed by atoms with Gasteiger partial charge in [0.25, 0.3) is 0 Å².